The zero-order chi connectivity index (χ0) is 27.8. The number of pyridine rings is 2. The number of nitrogens with zero attached hydrogens (tertiary/aromatic N) is 5. The number of aromatic nitrogens is 2. The third-order valence-electron chi connectivity index (χ3n) is 8.33. The molecule has 0 unspecified atom stereocenters. The SMILES string of the molecule is Cc1ccc(C(=O)N2CCN(c3cc(C)c(C(=O)N=O)c(C)n3)CC2(C)C)nc1C1(CC(C)C)CCCC1. The molecule has 0 N–H and O–H groups in total. The zero-order valence-electron chi connectivity index (χ0n) is 23.9. The molecule has 0 aromatic carbocycles. The third kappa shape index (κ3) is 5.22. The first-order chi connectivity index (χ1) is 17.9. The summed E-state index contributed by atoms with van der Waals surface area (Å²) >= 11 is 0. The molecule has 2 amide bonds. The van der Waals surface area contributed by atoms with Crippen LogP contribution in [0.2, 0.25) is 0 Å². The fourth-order valence-electron chi connectivity index (χ4n) is 6.76. The average Bonchev–Trinajstić information content (AvgIpc) is 3.31. The van der Waals surface area contributed by atoms with Crippen LogP contribution in [0.4, 0.5) is 5.82 Å². The van der Waals surface area contributed by atoms with E-state index in [1.165, 1.54) is 18.4 Å². The maximum atomic E-state index is 13.9. The first kappa shape index (κ1) is 27.9. The van der Waals surface area contributed by atoms with E-state index in [1.54, 1.807) is 13.8 Å². The number of nitroso groups, excluding NO2 is 1. The summed E-state index contributed by atoms with van der Waals surface area (Å²) in [4.78, 5) is 50.3. The third-order valence-corrected chi connectivity index (χ3v) is 8.33. The molecule has 38 heavy (non-hydrogen) atoms. The Morgan fingerprint density at radius 1 is 1.03 bits per heavy atom. The van der Waals surface area contributed by atoms with Crippen LogP contribution in [0.25, 0.3) is 0 Å². The lowest BCUT2D eigenvalue weighted by Crippen LogP contribution is -2.61. The van der Waals surface area contributed by atoms with Crippen LogP contribution < -0.4 is 4.90 Å². The Bertz CT molecular complexity index is 1220. The quantitative estimate of drug-likeness (QED) is 0.441. The van der Waals surface area contributed by atoms with Gasteiger partial charge in [-0.05, 0) is 83.1 Å². The van der Waals surface area contributed by atoms with Gasteiger partial charge in [0.05, 0.1) is 22.5 Å². The predicted octanol–water partition coefficient (Wildman–Crippen LogP) is 5.91. The van der Waals surface area contributed by atoms with Crippen LogP contribution in [0.1, 0.15) is 103 Å². The monoisotopic (exact) mass is 519 g/mol. The van der Waals surface area contributed by atoms with E-state index in [2.05, 4.69) is 55.7 Å². The van der Waals surface area contributed by atoms with Crippen molar-refractivity contribution >= 4 is 17.6 Å². The van der Waals surface area contributed by atoms with Crippen LogP contribution in [0.5, 0.6) is 0 Å². The van der Waals surface area contributed by atoms with Crippen LogP contribution in [-0.4, -0.2) is 51.9 Å². The van der Waals surface area contributed by atoms with Gasteiger partial charge in [0, 0.05) is 30.2 Å². The number of anilines is 1. The number of aryl methyl sites for hydroxylation is 3. The average molecular weight is 520 g/mol. The number of hydrogen-bond donors (Lipinski definition) is 0. The van der Waals surface area contributed by atoms with Crippen LogP contribution in [0.3, 0.4) is 0 Å². The van der Waals surface area contributed by atoms with E-state index in [9.17, 15) is 14.5 Å². The largest absolute Gasteiger partial charge is 0.352 e. The summed E-state index contributed by atoms with van der Waals surface area (Å²) in [5.74, 6) is 0.470. The summed E-state index contributed by atoms with van der Waals surface area (Å²) in [5, 5.41) is 2.57. The first-order valence-electron chi connectivity index (χ1n) is 13.8. The molecule has 2 aliphatic rings. The Hall–Kier alpha value is -3.16. The smallest absolute Gasteiger partial charge is 0.318 e. The molecule has 8 heteroatoms. The highest BCUT2D eigenvalue weighted by Gasteiger charge is 2.41. The molecule has 0 spiro atoms. The van der Waals surface area contributed by atoms with Crippen molar-refractivity contribution in [1.29, 1.82) is 0 Å². The van der Waals surface area contributed by atoms with Gasteiger partial charge in [-0.3, -0.25) is 9.59 Å². The molecule has 0 bridgehead atoms. The summed E-state index contributed by atoms with van der Waals surface area (Å²) in [6.07, 6.45) is 5.81. The lowest BCUT2D eigenvalue weighted by molar-refractivity contribution is 0.0506. The summed E-state index contributed by atoms with van der Waals surface area (Å²) in [7, 11) is 0. The summed E-state index contributed by atoms with van der Waals surface area (Å²) in [6.45, 7) is 16.0. The maximum Gasteiger partial charge on any atom is 0.318 e. The maximum absolute atomic E-state index is 13.9. The van der Waals surface area contributed by atoms with Gasteiger partial charge in [0.15, 0.2) is 0 Å². The molecule has 1 saturated heterocycles. The number of carbonyl (C=O) groups is 2. The Morgan fingerprint density at radius 3 is 2.29 bits per heavy atom. The lowest BCUT2D eigenvalue weighted by Gasteiger charge is -2.47. The van der Waals surface area contributed by atoms with Crippen molar-refractivity contribution in [2.45, 2.75) is 91.5 Å². The van der Waals surface area contributed by atoms with Gasteiger partial charge in [-0.2, -0.15) is 0 Å². The second kappa shape index (κ2) is 10.5. The van der Waals surface area contributed by atoms with Gasteiger partial charge >= 0.3 is 5.91 Å². The van der Waals surface area contributed by atoms with Crippen molar-refractivity contribution in [1.82, 2.24) is 14.9 Å². The minimum absolute atomic E-state index is 0.0353. The molecule has 1 saturated carbocycles. The molecule has 1 aliphatic carbocycles. The first-order valence-corrected chi connectivity index (χ1v) is 13.8. The Morgan fingerprint density at radius 2 is 1.71 bits per heavy atom. The highest BCUT2D eigenvalue weighted by atomic mass is 16.3. The van der Waals surface area contributed by atoms with Crippen molar-refractivity contribution in [2.24, 2.45) is 11.1 Å². The molecule has 4 rings (SSSR count). The molecular formula is C30H41N5O3. The van der Waals surface area contributed by atoms with Crippen LogP contribution in [-0.2, 0) is 5.41 Å². The van der Waals surface area contributed by atoms with Crippen LogP contribution >= 0.6 is 0 Å². The lowest BCUT2D eigenvalue weighted by atomic mass is 9.74. The molecule has 2 aromatic heterocycles. The van der Waals surface area contributed by atoms with Crippen molar-refractivity contribution < 1.29 is 9.59 Å². The summed E-state index contributed by atoms with van der Waals surface area (Å²) in [5.41, 5.74) is 3.83. The van der Waals surface area contributed by atoms with E-state index in [0.29, 0.717) is 42.5 Å². The predicted molar refractivity (Wildman–Crippen MR) is 150 cm³/mol. The summed E-state index contributed by atoms with van der Waals surface area (Å²) in [6, 6.07) is 5.78. The van der Waals surface area contributed by atoms with E-state index in [1.807, 2.05) is 17.0 Å². The fourth-order valence-corrected chi connectivity index (χ4v) is 6.76. The van der Waals surface area contributed by atoms with E-state index in [0.717, 1.165) is 30.8 Å². The van der Waals surface area contributed by atoms with Gasteiger partial charge in [0.25, 0.3) is 5.91 Å². The molecule has 3 heterocycles. The minimum Gasteiger partial charge on any atom is -0.352 e. The Labute approximate surface area is 226 Å². The number of hydrogen-bond acceptors (Lipinski definition) is 6. The van der Waals surface area contributed by atoms with Gasteiger partial charge in [-0.25, -0.2) is 9.97 Å². The van der Waals surface area contributed by atoms with Crippen molar-refractivity contribution in [3.63, 3.8) is 0 Å². The number of carbonyl (C=O) groups excluding carboxylic acids is 2. The molecular weight excluding hydrogens is 478 g/mol. The zero-order valence-corrected chi connectivity index (χ0v) is 23.9. The van der Waals surface area contributed by atoms with E-state index >= 15 is 0 Å². The van der Waals surface area contributed by atoms with Gasteiger partial charge in [0.2, 0.25) is 0 Å². The minimum atomic E-state index is -0.799. The topological polar surface area (TPSA) is 95.8 Å². The van der Waals surface area contributed by atoms with E-state index in [4.69, 9.17) is 4.98 Å². The second-order valence-corrected chi connectivity index (χ2v) is 12.3. The van der Waals surface area contributed by atoms with Gasteiger partial charge in [-0.15, -0.1) is 4.91 Å². The highest BCUT2D eigenvalue weighted by molar-refractivity contribution is 5.97. The van der Waals surface area contributed by atoms with Gasteiger partial charge < -0.3 is 9.80 Å². The van der Waals surface area contributed by atoms with Gasteiger partial charge in [0.1, 0.15) is 11.5 Å². The van der Waals surface area contributed by atoms with Crippen LogP contribution in [0.15, 0.2) is 23.4 Å². The van der Waals surface area contributed by atoms with Crippen molar-refractivity contribution in [3.8, 4) is 0 Å². The highest BCUT2D eigenvalue weighted by Crippen LogP contribution is 2.46. The Balaban J connectivity index is 1.58. The van der Waals surface area contributed by atoms with Crippen molar-refractivity contribution in [2.75, 3.05) is 24.5 Å². The van der Waals surface area contributed by atoms with Crippen molar-refractivity contribution in [3.05, 3.63) is 56.9 Å². The second-order valence-electron chi connectivity index (χ2n) is 12.3. The van der Waals surface area contributed by atoms with E-state index < -0.39 is 11.4 Å². The molecule has 0 atom stereocenters. The molecule has 204 valence electrons. The van der Waals surface area contributed by atoms with Crippen LogP contribution in [0, 0.1) is 31.6 Å². The standard InChI is InChI=1S/C30H41N5O3/c1-19(2)17-30(12-8-9-13-30)26-20(3)10-11-23(32-26)28(37)35-15-14-34(18-29(35,6)7)24-16-21(4)25(22(5)31-24)27(36)33-38/h10-11,16,19H,8-9,12-15,17-18H2,1-7H3. The number of rotatable bonds is 6. The molecule has 0 radical (unpaired) electrons. The number of piperazine rings is 1. The number of amides is 2. The fraction of sp³-hybridized carbons (Fsp3) is 0.600. The Kier molecular flexibility index (Phi) is 7.73. The van der Waals surface area contributed by atoms with E-state index in [-0.39, 0.29) is 16.9 Å². The molecule has 2 fully saturated rings. The molecule has 8 nitrogen and oxygen atoms in total. The molecule has 2 aromatic rings. The van der Waals surface area contributed by atoms with Gasteiger partial charge in [-0.1, -0.05) is 32.8 Å². The summed E-state index contributed by atoms with van der Waals surface area (Å²) < 4.78 is 0. The normalized spacial score (nSPS) is 18.6. The molecule has 1 aliphatic heterocycles.